The van der Waals surface area contributed by atoms with Crippen LogP contribution in [0.2, 0.25) is 0 Å². The van der Waals surface area contributed by atoms with Crippen molar-refractivity contribution in [2.24, 2.45) is 5.10 Å². The molecule has 8 heteroatoms. The minimum atomic E-state index is -0.400. The first-order valence-corrected chi connectivity index (χ1v) is 8.08. The van der Waals surface area contributed by atoms with E-state index < -0.39 is 4.92 Å². The van der Waals surface area contributed by atoms with Crippen LogP contribution in [0.25, 0.3) is 0 Å². The Morgan fingerprint density at radius 2 is 2.04 bits per heavy atom. The van der Waals surface area contributed by atoms with Crippen LogP contribution in [0.15, 0.2) is 53.6 Å². The number of hydrazone groups is 1. The predicted octanol–water partition coefficient (Wildman–Crippen LogP) is 3.18. The summed E-state index contributed by atoms with van der Waals surface area (Å²) in [7, 11) is 1.79. The molecule has 0 unspecified atom stereocenters. The highest BCUT2D eigenvalue weighted by Crippen LogP contribution is 2.32. The van der Waals surface area contributed by atoms with Crippen molar-refractivity contribution in [3.05, 3.63) is 64.2 Å². The van der Waals surface area contributed by atoms with E-state index >= 15 is 0 Å². The molecule has 2 aromatic carbocycles. The Bertz CT molecular complexity index is 780. The van der Waals surface area contributed by atoms with Gasteiger partial charge in [-0.25, -0.2) is 0 Å². The van der Waals surface area contributed by atoms with Gasteiger partial charge in [0.1, 0.15) is 5.69 Å². The van der Waals surface area contributed by atoms with Crippen molar-refractivity contribution in [2.75, 3.05) is 18.5 Å². The summed E-state index contributed by atoms with van der Waals surface area (Å²) in [6, 6.07) is 14.4. The molecule has 2 rings (SSSR count). The smallest absolute Gasteiger partial charge is 0.293 e. The molecule has 0 amide bonds. The molecule has 130 valence electrons. The Hall–Kier alpha value is -3.00. The first-order valence-electron chi connectivity index (χ1n) is 7.67. The number of hydrogen-bond acceptors (Lipinski definition) is 5. The summed E-state index contributed by atoms with van der Waals surface area (Å²) in [6.45, 7) is 2.61. The van der Waals surface area contributed by atoms with E-state index in [0.29, 0.717) is 22.9 Å². The summed E-state index contributed by atoms with van der Waals surface area (Å²) in [5.74, 6) is 0. The van der Waals surface area contributed by atoms with E-state index in [1.807, 2.05) is 37.3 Å². The molecule has 0 bridgehead atoms. The summed E-state index contributed by atoms with van der Waals surface area (Å²) in [6.07, 6.45) is 1.49. The molecule has 0 heterocycles. The van der Waals surface area contributed by atoms with Gasteiger partial charge in [0.05, 0.1) is 11.1 Å². The molecule has 0 spiro atoms. The molecule has 0 saturated heterocycles. The fourth-order valence-electron chi connectivity index (χ4n) is 2.21. The van der Waals surface area contributed by atoms with Crippen LogP contribution < -0.4 is 15.6 Å². The zero-order chi connectivity index (χ0) is 18.2. The fourth-order valence-corrected chi connectivity index (χ4v) is 2.40. The lowest BCUT2D eigenvalue weighted by molar-refractivity contribution is -0.384. The van der Waals surface area contributed by atoms with Gasteiger partial charge in [0, 0.05) is 30.9 Å². The third-order valence-electron chi connectivity index (χ3n) is 3.42. The van der Waals surface area contributed by atoms with Gasteiger partial charge in [0.2, 0.25) is 0 Å². The fraction of sp³-hybridized carbons (Fsp3) is 0.176. The summed E-state index contributed by atoms with van der Waals surface area (Å²) in [4.78, 5) is 12.8. The van der Waals surface area contributed by atoms with Gasteiger partial charge in [-0.2, -0.15) is 5.10 Å². The van der Waals surface area contributed by atoms with Gasteiger partial charge >= 0.3 is 0 Å². The lowest BCUT2D eigenvalue weighted by Crippen LogP contribution is -2.31. The average Bonchev–Trinajstić information content (AvgIpc) is 2.62. The van der Waals surface area contributed by atoms with Crippen molar-refractivity contribution in [2.45, 2.75) is 6.92 Å². The molecule has 2 N–H and O–H groups in total. The Morgan fingerprint density at radius 3 is 2.68 bits per heavy atom. The van der Waals surface area contributed by atoms with E-state index in [-0.39, 0.29) is 5.69 Å². The number of nitro groups is 1. The molecule has 0 aliphatic rings. The van der Waals surface area contributed by atoms with Gasteiger partial charge in [0.25, 0.3) is 5.69 Å². The van der Waals surface area contributed by atoms with Crippen molar-refractivity contribution in [1.82, 2.24) is 10.7 Å². The molecule has 0 aliphatic heterocycles. The van der Waals surface area contributed by atoms with Crippen molar-refractivity contribution < 1.29 is 4.92 Å². The number of anilines is 2. The van der Waals surface area contributed by atoms with E-state index in [1.54, 1.807) is 24.1 Å². The van der Waals surface area contributed by atoms with Gasteiger partial charge in [-0.3, -0.25) is 15.5 Å². The van der Waals surface area contributed by atoms with Crippen LogP contribution in [0.3, 0.4) is 0 Å². The summed E-state index contributed by atoms with van der Waals surface area (Å²) in [5.41, 5.74) is 4.63. The molecule has 0 radical (unpaired) electrons. The maximum atomic E-state index is 11.5. The van der Waals surface area contributed by atoms with Crippen LogP contribution >= 0.6 is 12.2 Å². The van der Waals surface area contributed by atoms with Gasteiger partial charge in [-0.15, -0.1) is 0 Å². The number of para-hydroxylation sites is 1. The van der Waals surface area contributed by atoms with E-state index in [9.17, 15) is 10.1 Å². The number of benzene rings is 2. The molecule has 2 aromatic rings. The SMILES string of the molecule is CCNC(=S)N/N=C\c1ccc(N(C)c2ccccc2)c([N+](=O)[O-])c1. The molecule has 0 saturated carbocycles. The summed E-state index contributed by atoms with van der Waals surface area (Å²) >= 11 is 4.99. The third-order valence-corrected chi connectivity index (χ3v) is 3.65. The highest BCUT2D eigenvalue weighted by molar-refractivity contribution is 7.80. The van der Waals surface area contributed by atoms with Crippen molar-refractivity contribution >= 4 is 40.6 Å². The van der Waals surface area contributed by atoms with Crippen LogP contribution in [0.1, 0.15) is 12.5 Å². The Labute approximate surface area is 151 Å². The number of nitro benzene ring substituents is 1. The second-order valence-electron chi connectivity index (χ2n) is 5.13. The van der Waals surface area contributed by atoms with E-state index in [1.165, 1.54) is 12.3 Å². The summed E-state index contributed by atoms with van der Waals surface area (Å²) in [5, 5.41) is 18.7. The molecule has 7 nitrogen and oxygen atoms in total. The molecule has 0 aliphatic carbocycles. The van der Waals surface area contributed by atoms with Crippen LogP contribution in [0, 0.1) is 10.1 Å². The van der Waals surface area contributed by atoms with Gasteiger partial charge < -0.3 is 10.2 Å². The average molecular weight is 357 g/mol. The Kier molecular flexibility index (Phi) is 6.41. The standard InChI is InChI=1S/C17H19N5O2S/c1-3-18-17(25)20-19-12-13-9-10-15(16(11-13)22(23)24)21(2)14-7-5-4-6-8-14/h4-12H,3H2,1-2H3,(H2,18,20,25)/b19-12-. The monoisotopic (exact) mass is 357 g/mol. The highest BCUT2D eigenvalue weighted by atomic mass is 32.1. The quantitative estimate of drug-likeness (QED) is 0.358. The van der Waals surface area contributed by atoms with Gasteiger partial charge in [-0.05, 0) is 37.3 Å². The number of thiocarbonyl (C=S) groups is 1. The normalized spacial score (nSPS) is 10.5. The molecule has 0 atom stereocenters. The number of nitrogens with one attached hydrogen (secondary N) is 2. The number of hydrogen-bond donors (Lipinski definition) is 2. The number of rotatable bonds is 6. The molecular weight excluding hydrogens is 338 g/mol. The second-order valence-corrected chi connectivity index (χ2v) is 5.54. The minimum Gasteiger partial charge on any atom is -0.362 e. The third kappa shape index (κ3) is 4.98. The van der Waals surface area contributed by atoms with Crippen molar-refractivity contribution in [3.63, 3.8) is 0 Å². The van der Waals surface area contributed by atoms with E-state index in [4.69, 9.17) is 12.2 Å². The molecule has 0 aromatic heterocycles. The van der Waals surface area contributed by atoms with Crippen LogP contribution in [-0.2, 0) is 0 Å². The van der Waals surface area contributed by atoms with E-state index in [0.717, 1.165) is 5.69 Å². The topological polar surface area (TPSA) is 82.8 Å². The minimum absolute atomic E-state index is 0.00422. The van der Waals surface area contributed by atoms with Crippen LogP contribution in [0.4, 0.5) is 17.1 Å². The lowest BCUT2D eigenvalue weighted by atomic mass is 10.1. The Balaban J connectivity index is 2.24. The largest absolute Gasteiger partial charge is 0.362 e. The first kappa shape index (κ1) is 18.3. The molecule has 25 heavy (non-hydrogen) atoms. The molecule has 0 fully saturated rings. The lowest BCUT2D eigenvalue weighted by Gasteiger charge is -2.19. The van der Waals surface area contributed by atoms with Gasteiger partial charge in [-0.1, -0.05) is 24.3 Å². The van der Waals surface area contributed by atoms with Crippen LogP contribution in [0.5, 0.6) is 0 Å². The highest BCUT2D eigenvalue weighted by Gasteiger charge is 2.18. The second kappa shape index (κ2) is 8.74. The number of nitrogens with zero attached hydrogens (tertiary/aromatic N) is 3. The Morgan fingerprint density at radius 1 is 1.32 bits per heavy atom. The maximum absolute atomic E-state index is 11.5. The predicted molar refractivity (Wildman–Crippen MR) is 105 cm³/mol. The van der Waals surface area contributed by atoms with Crippen molar-refractivity contribution in [3.8, 4) is 0 Å². The zero-order valence-electron chi connectivity index (χ0n) is 14.0. The molecular formula is C17H19N5O2S. The van der Waals surface area contributed by atoms with Crippen LogP contribution in [-0.4, -0.2) is 29.8 Å². The van der Waals surface area contributed by atoms with E-state index in [2.05, 4.69) is 15.8 Å². The first-order chi connectivity index (χ1) is 12.0. The van der Waals surface area contributed by atoms with Crippen molar-refractivity contribution in [1.29, 1.82) is 0 Å². The zero-order valence-corrected chi connectivity index (χ0v) is 14.8. The summed E-state index contributed by atoms with van der Waals surface area (Å²) < 4.78 is 0. The maximum Gasteiger partial charge on any atom is 0.293 e. The van der Waals surface area contributed by atoms with Gasteiger partial charge in [0.15, 0.2) is 5.11 Å².